The van der Waals surface area contributed by atoms with Crippen LogP contribution < -0.4 is 5.32 Å². The molecule has 2 amide bonds. The second-order valence-corrected chi connectivity index (χ2v) is 8.33. The molecule has 0 aliphatic carbocycles. The van der Waals surface area contributed by atoms with Crippen LogP contribution in [-0.2, 0) is 22.6 Å². The van der Waals surface area contributed by atoms with E-state index >= 15 is 0 Å². The van der Waals surface area contributed by atoms with E-state index in [-0.39, 0.29) is 12.5 Å². The molecule has 0 unspecified atom stereocenters. The van der Waals surface area contributed by atoms with Crippen molar-refractivity contribution in [2.75, 3.05) is 11.9 Å². The summed E-state index contributed by atoms with van der Waals surface area (Å²) in [5.74, 6) is -0.226. The van der Waals surface area contributed by atoms with Crippen LogP contribution >= 0.6 is 11.3 Å². The molecule has 160 valence electrons. The molecule has 2 aromatic carbocycles. The summed E-state index contributed by atoms with van der Waals surface area (Å²) in [5, 5.41) is 5.33. The molecule has 31 heavy (non-hydrogen) atoms. The fraction of sp³-hybridized carbons (Fsp3) is 0.292. The molecular weight excluding hydrogens is 410 g/mol. The fourth-order valence-corrected chi connectivity index (χ4v) is 4.35. The van der Waals surface area contributed by atoms with Gasteiger partial charge in [0.1, 0.15) is 12.6 Å². The molecule has 1 aliphatic heterocycles. The highest BCUT2D eigenvalue weighted by molar-refractivity contribution is 7.14. The van der Waals surface area contributed by atoms with Crippen molar-refractivity contribution in [1.29, 1.82) is 0 Å². The molecule has 1 atom stereocenters. The SMILES string of the molecule is CCc1ccc(-c2csc(NC(=O)[C@@H]3CCCN3C(=O)OCc3ccccc3)n2)cc1. The smallest absolute Gasteiger partial charge is 0.410 e. The largest absolute Gasteiger partial charge is 0.445 e. The third kappa shape index (κ3) is 5.11. The van der Waals surface area contributed by atoms with Gasteiger partial charge >= 0.3 is 6.09 Å². The number of likely N-dealkylation sites (tertiary alicyclic amines) is 1. The van der Waals surface area contributed by atoms with Gasteiger partial charge in [-0.2, -0.15) is 0 Å². The molecule has 3 aromatic rings. The number of anilines is 1. The summed E-state index contributed by atoms with van der Waals surface area (Å²) >= 11 is 1.38. The van der Waals surface area contributed by atoms with Gasteiger partial charge in [0.05, 0.1) is 5.69 Å². The number of aromatic nitrogens is 1. The second-order valence-electron chi connectivity index (χ2n) is 7.47. The Kier molecular flexibility index (Phi) is 6.62. The lowest BCUT2D eigenvalue weighted by molar-refractivity contribution is -0.120. The van der Waals surface area contributed by atoms with Crippen molar-refractivity contribution in [1.82, 2.24) is 9.88 Å². The van der Waals surface area contributed by atoms with Gasteiger partial charge in [-0.1, -0.05) is 61.5 Å². The lowest BCUT2D eigenvalue weighted by atomic mass is 10.1. The van der Waals surface area contributed by atoms with Gasteiger partial charge in [0.15, 0.2) is 5.13 Å². The minimum Gasteiger partial charge on any atom is -0.445 e. The van der Waals surface area contributed by atoms with Crippen LogP contribution in [-0.4, -0.2) is 34.5 Å². The number of ether oxygens (including phenoxy) is 1. The molecule has 7 heteroatoms. The Balaban J connectivity index is 1.36. The Bertz CT molecular complexity index is 1030. The van der Waals surface area contributed by atoms with Gasteiger partial charge in [-0.15, -0.1) is 11.3 Å². The molecule has 1 N–H and O–H groups in total. The van der Waals surface area contributed by atoms with E-state index < -0.39 is 12.1 Å². The van der Waals surface area contributed by atoms with E-state index in [1.807, 2.05) is 47.8 Å². The summed E-state index contributed by atoms with van der Waals surface area (Å²) in [6, 6.07) is 17.2. The number of aryl methyl sites for hydroxylation is 1. The first kappa shape index (κ1) is 21.1. The van der Waals surface area contributed by atoms with Crippen molar-refractivity contribution in [3.8, 4) is 11.3 Å². The molecule has 0 radical (unpaired) electrons. The minimum atomic E-state index is -0.542. The summed E-state index contributed by atoms with van der Waals surface area (Å²) in [5.41, 5.74) is 4.03. The van der Waals surface area contributed by atoms with Crippen molar-refractivity contribution in [3.05, 3.63) is 71.1 Å². The van der Waals surface area contributed by atoms with Crippen molar-refractivity contribution in [2.45, 2.75) is 38.8 Å². The van der Waals surface area contributed by atoms with Gasteiger partial charge in [-0.3, -0.25) is 9.69 Å². The molecule has 4 rings (SSSR count). The summed E-state index contributed by atoms with van der Waals surface area (Å²) < 4.78 is 5.42. The summed E-state index contributed by atoms with van der Waals surface area (Å²) in [6.07, 6.45) is 1.91. The first-order chi connectivity index (χ1) is 15.1. The Morgan fingerprint density at radius 1 is 1.13 bits per heavy atom. The van der Waals surface area contributed by atoms with Gasteiger partial charge < -0.3 is 10.1 Å². The van der Waals surface area contributed by atoms with E-state index in [1.54, 1.807) is 0 Å². The predicted molar refractivity (Wildman–Crippen MR) is 122 cm³/mol. The van der Waals surface area contributed by atoms with Gasteiger partial charge in [0.25, 0.3) is 0 Å². The van der Waals surface area contributed by atoms with Crippen LogP contribution in [0.4, 0.5) is 9.93 Å². The lowest BCUT2D eigenvalue weighted by Gasteiger charge is -2.22. The highest BCUT2D eigenvalue weighted by Crippen LogP contribution is 2.27. The molecular formula is C24H25N3O3S. The first-order valence-electron chi connectivity index (χ1n) is 10.5. The number of thiazole rings is 1. The second kappa shape index (κ2) is 9.75. The van der Waals surface area contributed by atoms with Crippen LogP contribution in [0.2, 0.25) is 0 Å². The monoisotopic (exact) mass is 435 g/mol. The number of hydrogen-bond acceptors (Lipinski definition) is 5. The van der Waals surface area contributed by atoms with Crippen LogP contribution in [0.3, 0.4) is 0 Å². The molecule has 2 heterocycles. The van der Waals surface area contributed by atoms with Crippen LogP contribution in [0.1, 0.15) is 30.9 Å². The summed E-state index contributed by atoms with van der Waals surface area (Å²) in [6.45, 7) is 2.82. The van der Waals surface area contributed by atoms with Gasteiger partial charge in [0.2, 0.25) is 5.91 Å². The normalized spacial score (nSPS) is 15.6. The van der Waals surface area contributed by atoms with Gasteiger partial charge in [-0.05, 0) is 30.4 Å². The zero-order valence-electron chi connectivity index (χ0n) is 17.4. The van der Waals surface area contributed by atoms with E-state index in [4.69, 9.17) is 4.74 Å². The highest BCUT2D eigenvalue weighted by atomic mass is 32.1. The van der Waals surface area contributed by atoms with Crippen LogP contribution in [0.5, 0.6) is 0 Å². The maximum Gasteiger partial charge on any atom is 0.410 e. The first-order valence-corrected chi connectivity index (χ1v) is 11.3. The van der Waals surface area contributed by atoms with Crippen LogP contribution in [0, 0.1) is 0 Å². The van der Waals surface area contributed by atoms with Gasteiger partial charge in [-0.25, -0.2) is 9.78 Å². The fourth-order valence-electron chi connectivity index (χ4n) is 3.62. The molecule has 0 spiro atoms. The molecule has 6 nitrogen and oxygen atoms in total. The average Bonchev–Trinajstić information content (AvgIpc) is 3.48. The maximum absolute atomic E-state index is 12.8. The zero-order valence-corrected chi connectivity index (χ0v) is 18.2. The van der Waals surface area contributed by atoms with E-state index in [1.165, 1.54) is 21.8 Å². The average molecular weight is 436 g/mol. The van der Waals surface area contributed by atoms with Crippen LogP contribution in [0.15, 0.2) is 60.0 Å². The molecule has 0 saturated carbocycles. The quantitative estimate of drug-likeness (QED) is 0.584. The minimum absolute atomic E-state index is 0.192. The number of amides is 2. The van der Waals surface area contributed by atoms with E-state index in [0.29, 0.717) is 18.1 Å². The van der Waals surface area contributed by atoms with Crippen molar-refractivity contribution in [2.24, 2.45) is 0 Å². The third-order valence-corrected chi connectivity index (χ3v) is 6.15. The molecule has 1 aliphatic rings. The molecule has 1 fully saturated rings. The number of nitrogens with zero attached hydrogens (tertiary/aromatic N) is 2. The summed E-state index contributed by atoms with van der Waals surface area (Å²) in [7, 11) is 0. The Morgan fingerprint density at radius 2 is 1.90 bits per heavy atom. The Labute approximate surface area is 185 Å². The highest BCUT2D eigenvalue weighted by Gasteiger charge is 2.35. The standard InChI is InChI=1S/C24H25N3O3S/c1-2-17-10-12-19(13-11-17)20-16-31-23(25-20)26-22(28)21-9-6-14-27(21)24(29)30-15-18-7-4-3-5-8-18/h3-5,7-8,10-13,16,21H,2,6,9,14-15H2,1H3,(H,25,26,28)/t21-/m0/s1. The van der Waals surface area contributed by atoms with E-state index in [0.717, 1.165) is 29.7 Å². The lowest BCUT2D eigenvalue weighted by Crippen LogP contribution is -2.43. The number of carbonyl (C=O) groups is 2. The zero-order chi connectivity index (χ0) is 21.6. The van der Waals surface area contributed by atoms with E-state index in [2.05, 4.69) is 29.4 Å². The molecule has 1 saturated heterocycles. The molecule has 0 bridgehead atoms. The van der Waals surface area contributed by atoms with Crippen LogP contribution in [0.25, 0.3) is 11.3 Å². The number of benzene rings is 2. The number of hydrogen-bond donors (Lipinski definition) is 1. The van der Waals surface area contributed by atoms with Crippen molar-refractivity contribution >= 4 is 28.5 Å². The maximum atomic E-state index is 12.8. The Morgan fingerprint density at radius 3 is 2.65 bits per heavy atom. The molecule has 1 aromatic heterocycles. The third-order valence-electron chi connectivity index (χ3n) is 5.39. The van der Waals surface area contributed by atoms with Crippen molar-refractivity contribution in [3.63, 3.8) is 0 Å². The number of nitrogens with one attached hydrogen (secondary N) is 1. The van der Waals surface area contributed by atoms with E-state index in [9.17, 15) is 9.59 Å². The van der Waals surface area contributed by atoms with Crippen molar-refractivity contribution < 1.29 is 14.3 Å². The topological polar surface area (TPSA) is 71.5 Å². The number of carbonyl (C=O) groups excluding carboxylic acids is 2. The summed E-state index contributed by atoms with van der Waals surface area (Å²) in [4.78, 5) is 31.4. The predicted octanol–water partition coefficient (Wildman–Crippen LogP) is 5.11. The van der Waals surface area contributed by atoms with Gasteiger partial charge in [0, 0.05) is 17.5 Å². The number of rotatable bonds is 6. The Hall–Kier alpha value is -3.19.